The molecule has 0 aliphatic carbocycles. The van der Waals surface area contributed by atoms with Crippen molar-refractivity contribution in [3.63, 3.8) is 0 Å². The predicted octanol–water partition coefficient (Wildman–Crippen LogP) is 4.57. The first-order valence-electron chi connectivity index (χ1n) is 7.48. The van der Waals surface area contributed by atoms with E-state index in [1.165, 1.54) is 0 Å². The molecule has 1 aromatic rings. The third-order valence-electron chi connectivity index (χ3n) is 4.12. The van der Waals surface area contributed by atoms with E-state index < -0.39 is 0 Å². The lowest BCUT2D eigenvalue weighted by atomic mass is 9.75. The molecule has 0 radical (unpaired) electrons. The smallest absolute Gasteiger partial charge is 0.123 e. The van der Waals surface area contributed by atoms with Crippen LogP contribution in [0.4, 0.5) is 0 Å². The first-order chi connectivity index (χ1) is 8.80. The van der Waals surface area contributed by atoms with E-state index in [2.05, 4.69) is 67.5 Å². The second kappa shape index (κ2) is 5.07. The summed E-state index contributed by atoms with van der Waals surface area (Å²) < 4.78 is 0. The molecular formula is C18H31NO. The lowest BCUT2D eigenvalue weighted by Crippen LogP contribution is -2.33. The van der Waals surface area contributed by atoms with Crippen molar-refractivity contribution in [2.45, 2.75) is 78.2 Å². The van der Waals surface area contributed by atoms with Crippen LogP contribution in [0.5, 0.6) is 5.75 Å². The molecule has 0 saturated heterocycles. The summed E-state index contributed by atoms with van der Waals surface area (Å²) in [5.41, 5.74) is 8.91. The van der Waals surface area contributed by atoms with Gasteiger partial charge in [-0.05, 0) is 53.0 Å². The Balaban J connectivity index is 3.68. The Kier molecular flexibility index (Phi) is 4.32. The van der Waals surface area contributed by atoms with Gasteiger partial charge in [-0.25, -0.2) is 0 Å². The molecule has 0 saturated carbocycles. The zero-order valence-corrected chi connectivity index (χ0v) is 14.4. The molecule has 0 heterocycles. The summed E-state index contributed by atoms with van der Waals surface area (Å²) in [6.07, 6.45) is 0.866. The van der Waals surface area contributed by atoms with Crippen LogP contribution in [0.1, 0.15) is 78.5 Å². The van der Waals surface area contributed by atoms with E-state index in [-0.39, 0.29) is 16.4 Å². The molecule has 1 aromatic carbocycles. The minimum absolute atomic E-state index is 0.107. The van der Waals surface area contributed by atoms with Crippen molar-refractivity contribution < 1.29 is 5.11 Å². The number of rotatable bonds is 2. The zero-order valence-electron chi connectivity index (χ0n) is 14.4. The van der Waals surface area contributed by atoms with Gasteiger partial charge in [0.25, 0.3) is 0 Å². The fourth-order valence-electron chi connectivity index (χ4n) is 2.31. The summed E-state index contributed by atoms with van der Waals surface area (Å²) in [4.78, 5) is 0. The molecule has 0 aliphatic heterocycles. The van der Waals surface area contributed by atoms with Crippen LogP contribution in [0.15, 0.2) is 12.1 Å². The van der Waals surface area contributed by atoms with Crippen molar-refractivity contribution in [1.29, 1.82) is 0 Å². The first-order valence-corrected chi connectivity index (χ1v) is 7.48. The van der Waals surface area contributed by atoms with E-state index >= 15 is 0 Å². The van der Waals surface area contributed by atoms with Crippen molar-refractivity contribution in [2.24, 2.45) is 5.73 Å². The molecule has 0 bridgehead atoms. The maximum atomic E-state index is 10.7. The number of phenolic OH excluding ortho intramolecular Hbond substituents is 1. The van der Waals surface area contributed by atoms with Gasteiger partial charge in [-0.3, -0.25) is 0 Å². The minimum atomic E-state index is -0.367. The van der Waals surface area contributed by atoms with Crippen molar-refractivity contribution in [2.75, 3.05) is 0 Å². The topological polar surface area (TPSA) is 46.2 Å². The van der Waals surface area contributed by atoms with Crippen LogP contribution in [0.25, 0.3) is 0 Å². The molecule has 1 rings (SSSR count). The Morgan fingerprint density at radius 2 is 1.25 bits per heavy atom. The molecule has 2 heteroatoms. The first kappa shape index (κ1) is 17.0. The second-order valence-electron chi connectivity index (χ2n) is 8.19. The summed E-state index contributed by atoms with van der Waals surface area (Å²) in [5.74, 6) is 0.417. The van der Waals surface area contributed by atoms with Gasteiger partial charge in [0.15, 0.2) is 0 Å². The van der Waals surface area contributed by atoms with Gasteiger partial charge < -0.3 is 10.8 Å². The van der Waals surface area contributed by atoms with Crippen LogP contribution in [0.3, 0.4) is 0 Å². The molecule has 0 aliphatic rings. The van der Waals surface area contributed by atoms with Gasteiger partial charge >= 0.3 is 0 Å². The van der Waals surface area contributed by atoms with E-state index in [0.29, 0.717) is 5.75 Å². The second-order valence-corrected chi connectivity index (χ2v) is 8.19. The molecular weight excluding hydrogens is 246 g/mol. The molecule has 0 spiro atoms. The Labute approximate surface area is 124 Å². The summed E-state index contributed by atoms with van der Waals surface area (Å²) in [6, 6.07) is 4.15. The Bertz CT molecular complexity index is 452. The van der Waals surface area contributed by atoms with Gasteiger partial charge in [0, 0.05) is 5.54 Å². The lowest BCUT2D eigenvalue weighted by Gasteiger charge is -2.32. The Morgan fingerprint density at radius 3 is 1.50 bits per heavy atom. The summed E-state index contributed by atoms with van der Waals surface area (Å²) in [6.45, 7) is 16.9. The van der Waals surface area contributed by atoms with Crippen molar-refractivity contribution in [3.05, 3.63) is 28.8 Å². The van der Waals surface area contributed by atoms with Crippen molar-refractivity contribution in [3.8, 4) is 5.75 Å². The highest BCUT2D eigenvalue weighted by molar-refractivity contribution is 5.51. The van der Waals surface area contributed by atoms with Crippen molar-refractivity contribution >= 4 is 0 Å². The summed E-state index contributed by atoms with van der Waals surface area (Å²) >= 11 is 0. The average molecular weight is 277 g/mol. The van der Waals surface area contributed by atoms with E-state index in [0.717, 1.165) is 23.1 Å². The number of benzene rings is 1. The summed E-state index contributed by atoms with van der Waals surface area (Å²) in [7, 11) is 0. The number of nitrogens with two attached hydrogens (primary N) is 1. The largest absolute Gasteiger partial charge is 0.507 e. The zero-order chi connectivity index (χ0) is 15.9. The highest BCUT2D eigenvalue weighted by Crippen LogP contribution is 2.41. The van der Waals surface area contributed by atoms with Crippen LogP contribution in [0.2, 0.25) is 0 Å². The fraction of sp³-hybridized carbons (Fsp3) is 0.667. The van der Waals surface area contributed by atoms with Crippen molar-refractivity contribution in [1.82, 2.24) is 0 Å². The Morgan fingerprint density at radius 1 is 0.900 bits per heavy atom. The predicted molar refractivity (Wildman–Crippen MR) is 87.3 cm³/mol. The normalized spacial score (nSPS) is 16.1. The Hall–Kier alpha value is -1.02. The monoisotopic (exact) mass is 277 g/mol. The number of aromatic hydroxyl groups is 1. The van der Waals surface area contributed by atoms with Crippen LogP contribution < -0.4 is 5.73 Å². The van der Waals surface area contributed by atoms with Gasteiger partial charge in [-0.15, -0.1) is 0 Å². The van der Waals surface area contributed by atoms with E-state index in [1.807, 2.05) is 0 Å². The van der Waals surface area contributed by atoms with E-state index in [9.17, 15) is 5.11 Å². The third-order valence-corrected chi connectivity index (χ3v) is 4.12. The summed E-state index contributed by atoms with van der Waals surface area (Å²) in [5, 5.41) is 10.7. The van der Waals surface area contributed by atoms with Crippen LogP contribution in [-0.4, -0.2) is 5.11 Å². The highest BCUT2D eigenvalue weighted by Gasteiger charge is 2.29. The number of hydrogen-bond donors (Lipinski definition) is 2. The quantitative estimate of drug-likeness (QED) is 0.831. The number of phenols is 1. The lowest BCUT2D eigenvalue weighted by molar-refractivity contribution is 0.416. The molecule has 20 heavy (non-hydrogen) atoms. The molecule has 2 nitrogen and oxygen atoms in total. The van der Waals surface area contributed by atoms with Gasteiger partial charge in [-0.1, -0.05) is 48.5 Å². The maximum absolute atomic E-state index is 10.7. The molecule has 0 amide bonds. The minimum Gasteiger partial charge on any atom is -0.507 e. The molecule has 0 fully saturated rings. The van der Waals surface area contributed by atoms with E-state index in [1.54, 1.807) is 0 Å². The number of hydrogen-bond acceptors (Lipinski definition) is 2. The van der Waals surface area contributed by atoms with E-state index in [4.69, 9.17) is 5.73 Å². The highest BCUT2D eigenvalue weighted by atomic mass is 16.3. The van der Waals surface area contributed by atoms with Gasteiger partial charge in [0.1, 0.15) is 5.75 Å². The van der Waals surface area contributed by atoms with Gasteiger partial charge in [-0.2, -0.15) is 0 Å². The third kappa shape index (κ3) is 3.35. The van der Waals surface area contributed by atoms with Crippen LogP contribution in [0, 0.1) is 0 Å². The maximum Gasteiger partial charge on any atom is 0.123 e. The molecule has 1 atom stereocenters. The molecule has 0 aromatic heterocycles. The average Bonchev–Trinajstić information content (AvgIpc) is 2.25. The SMILES string of the molecule is CCC(C)(N)c1cc(C(C)(C)C)c(O)c(C(C)(C)C)c1. The molecule has 1 unspecified atom stereocenters. The van der Waals surface area contributed by atoms with Gasteiger partial charge in [0.2, 0.25) is 0 Å². The fourth-order valence-corrected chi connectivity index (χ4v) is 2.31. The van der Waals surface area contributed by atoms with Gasteiger partial charge in [0.05, 0.1) is 0 Å². The molecule has 3 N–H and O–H groups in total. The van der Waals surface area contributed by atoms with Crippen LogP contribution in [-0.2, 0) is 16.4 Å². The van der Waals surface area contributed by atoms with Crippen LogP contribution >= 0.6 is 0 Å². The standard InChI is InChI=1S/C18H31NO/c1-9-18(8,19)12-10-13(16(2,3)4)15(20)14(11-12)17(5,6)7/h10-11,20H,9,19H2,1-8H3. The molecule has 114 valence electrons.